The summed E-state index contributed by atoms with van der Waals surface area (Å²) in [6, 6.07) is 7.21. The maximum absolute atomic E-state index is 12.4. The lowest BCUT2D eigenvalue weighted by Gasteiger charge is -2.32. The monoisotopic (exact) mass is 328 g/mol. The Hall–Kier alpha value is -2.70. The molecule has 0 radical (unpaired) electrons. The van der Waals surface area contributed by atoms with E-state index >= 15 is 0 Å². The van der Waals surface area contributed by atoms with Crippen LogP contribution in [0.15, 0.2) is 36.7 Å². The Morgan fingerprint density at radius 2 is 2.04 bits per heavy atom. The first-order valence-electron chi connectivity index (χ1n) is 8.09. The summed E-state index contributed by atoms with van der Waals surface area (Å²) in [5, 5.41) is 20.0. The van der Waals surface area contributed by atoms with Crippen LogP contribution in [0.3, 0.4) is 0 Å². The van der Waals surface area contributed by atoms with E-state index in [-0.39, 0.29) is 12.3 Å². The van der Waals surface area contributed by atoms with Crippen molar-refractivity contribution in [2.75, 3.05) is 5.32 Å². The number of nitrogens with one attached hydrogen (secondary N) is 1. The predicted octanol–water partition coefficient (Wildman–Crippen LogP) is 2.63. The molecular formula is C17H20N4O3. The van der Waals surface area contributed by atoms with Crippen molar-refractivity contribution in [2.24, 2.45) is 5.41 Å². The highest BCUT2D eigenvalue weighted by molar-refractivity contribution is 5.94. The van der Waals surface area contributed by atoms with Crippen molar-refractivity contribution in [3.05, 3.63) is 36.7 Å². The van der Waals surface area contributed by atoms with E-state index in [4.69, 9.17) is 0 Å². The standard InChI is InChI=1S/C17H20N4O3/c22-15(12-17(16(23)24)7-2-1-3-8-17)19-13-5-4-6-14(11-13)21-10-9-18-20-21/h4-6,9-11H,1-3,7-8,12H2,(H,19,22)(H,23,24). The summed E-state index contributed by atoms with van der Waals surface area (Å²) in [4.78, 5) is 24.1. The quantitative estimate of drug-likeness (QED) is 0.879. The van der Waals surface area contributed by atoms with Crippen LogP contribution in [0.2, 0.25) is 0 Å². The van der Waals surface area contributed by atoms with Gasteiger partial charge in [0.15, 0.2) is 0 Å². The summed E-state index contributed by atoms with van der Waals surface area (Å²) in [5.74, 6) is -1.14. The van der Waals surface area contributed by atoms with E-state index in [1.54, 1.807) is 35.3 Å². The van der Waals surface area contributed by atoms with Gasteiger partial charge in [-0.25, -0.2) is 4.68 Å². The van der Waals surface area contributed by atoms with Crippen molar-refractivity contribution in [3.63, 3.8) is 0 Å². The fourth-order valence-electron chi connectivity index (χ4n) is 3.28. The summed E-state index contributed by atoms with van der Waals surface area (Å²) < 4.78 is 1.59. The van der Waals surface area contributed by atoms with Gasteiger partial charge in [-0.2, -0.15) is 0 Å². The summed E-state index contributed by atoms with van der Waals surface area (Å²) in [6.45, 7) is 0. The lowest BCUT2D eigenvalue weighted by molar-refractivity contribution is -0.153. The number of hydrogen-bond donors (Lipinski definition) is 2. The lowest BCUT2D eigenvalue weighted by Crippen LogP contribution is -2.37. The van der Waals surface area contributed by atoms with Crippen molar-refractivity contribution in [1.29, 1.82) is 0 Å². The van der Waals surface area contributed by atoms with E-state index in [0.29, 0.717) is 18.5 Å². The van der Waals surface area contributed by atoms with Gasteiger partial charge in [-0.1, -0.05) is 30.5 Å². The lowest BCUT2D eigenvalue weighted by atomic mass is 9.71. The first kappa shape index (κ1) is 16.2. The molecule has 1 aromatic carbocycles. The Morgan fingerprint density at radius 1 is 1.25 bits per heavy atom. The molecule has 2 aromatic rings. The molecule has 3 rings (SSSR count). The van der Waals surface area contributed by atoms with Crippen LogP contribution >= 0.6 is 0 Å². The first-order chi connectivity index (χ1) is 11.6. The molecule has 24 heavy (non-hydrogen) atoms. The third kappa shape index (κ3) is 3.45. The van der Waals surface area contributed by atoms with Crippen molar-refractivity contribution in [2.45, 2.75) is 38.5 Å². The topological polar surface area (TPSA) is 97.1 Å². The Kier molecular flexibility index (Phi) is 4.59. The third-order valence-electron chi connectivity index (χ3n) is 4.58. The number of nitrogens with zero attached hydrogens (tertiary/aromatic N) is 3. The minimum absolute atomic E-state index is 0.00981. The van der Waals surface area contributed by atoms with E-state index in [2.05, 4.69) is 15.6 Å². The molecule has 1 aliphatic carbocycles. The van der Waals surface area contributed by atoms with E-state index in [0.717, 1.165) is 24.9 Å². The molecule has 7 nitrogen and oxygen atoms in total. The molecule has 7 heteroatoms. The minimum atomic E-state index is -0.925. The molecule has 0 atom stereocenters. The second-order valence-electron chi connectivity index (χ2n) is 6.27. The molecule has 2 N–H and O–H groups in total. The number of aromatic nitrogens is 3. The molecule has 0 spiro atoms. The molecule has 126 valence electrons. The van der Waals surface area contributed by atoms with Crippen LogP contribution < -0.4 is 5.32 Å². The summed E-state index contributed by atoms with van der Waals surface area (Å²) in [7, 11) is 0. The minimum Gasteiger partial charge on any atom is -0.481 e. The van der Waals surface area contributed by atoms with Gasteiger partial charge < -0.3 is 10.4 Å². The summed E-state index contributed by atoms with van der Waals surface area (Å²) in [6.07, 6.45) is 7.19. The van der Waals surface area contributed by atoms with Gasteiger partial charge in [0.25, 0.3) is 0 Å². The van der Waals surface area contributed by atoms with Crippen LogP contribution in [0.4, 0.5) is 5.69 Å². The van der Waals surface area contributed by atoms with E-state index in [1.165, 1.54) is 0 Å². The number of carbonyl (C=O) groups is 2. The highest BCUT2D eigenvalue weighted by Gasteiger charge is 2.41. The molecule has 0 aliphatic heterocycles. The van der Waals surface area contributed by atoms with Gasteiger partial charge in [0.2, 0.25) is 5.91 Å². The zero-order valence-electron chi connectivity index (χ0n) is 13.3. The summed E-state index contributed by atoms with van der Waals surface area (Å²) in [5.41, 5.74) is 0.464. The van der Waals surface area contributed by atoms with Crippen LogP contribution in [0.5, 0.6) is 0 Å². The van der Waals surface area contributed by atoms with Gasteiger partial charge in [-0.15, -0.1) is 5.10 Å². The highest BCUT2D eigenvalue weighted by atomic mass is 16.4. The van der Waals surface area contributed by atoms with Gasteiger partial charge in [-0.3, -0.25) is 9.59 Å². The van der Waals surface area contributed by atoms with Crippen LogP contribution in [-0.2, 0) is 9.59 Å². The van der Waals surface area contributed by atoms with Crippen molar-refractivity contribution in [1.82, 2.24) is 15.0 Å². The molecule has 1 fully saturated rings. The maximum Gasteiger partial charge on any atom is 0.310 e. The number of rotatable bonds is 5. The Labute approximate surface area is 139 Å². The number of aliphatic carboxylic acids is 1. The van der Waals surface area contributed by atoms with Gasteiger partial charge in [-0.05, 0) is 31.0 Å². The van der Waals surface area contributed by atoms with Crippen molar-refractivity contribution < 1.29 is 14.7 Å². The highest BCUT2D eigenvalue weighted by Crippen LogP contribution is 2.39. The number of carboxylic acid groups (broad SMARTS) is 1. The van der Waals surface area contributed by atoms with E-state index < -0.39 is 11.4 Å². The molecular weight excluding hydrogens is 308 g/mol. The molecule has 1 aliphatic rings. The van der Waals surface area contributed by atoms with Crippen molar-refractivity contribution in [3.8, 4) is 5.69 Å². The Balaban J connectivity index is 1.70. The Morgan fingerprint density at radius 3 is 2.71 bits per heavy atom. The number of anilines is 1. The second kappa shape index (κ2) is 6.82. The van der Waals surface area contributed by atoms with Crippen LogP contribution in [0.25, 0.3) is 5.69 Å². The molecule has 0 bridgehead atoms. The molecule has 1 amide bonds. The largest absolute Gasteiger partial charge is 0.481 e. The zero-order valence-corrected chi connectivity index (χ0v) is 13.3. The van der Waals surface area contributed by atoms with Gasteiger partial charge >= 0.3 is 5.97 Å². The van der Waals surface area contributed by atoms with Gasteiger partial charge in [0.1, 0.15) is 0 Å². The normalized spacial score (nSPS) is 16.5. The fourth-order valence-corrected chi connectivity index (χ4v) is 3.28. The SMILES string of the molecule is O=C(CC1(C(=O)O)CCCCC1)Nc1cccc(-n2ccnn2)c1. The average molecular weight is 328 g/mol. The van der Waals surface area contributed by atoms with Gasteiger partial charge in [0, 0.05) is 12.1 Å². The van der Waals surface area contributed by atoms with Crippen LogP contribution in [0.1, 0.15) is 38.5 Å². The molecule has 0 saturated heterocycles. The maximum atomic E-state index is 12.4. The number of carbonyl (C=O) groups excluding carboxylic acids is 1. The van der Waals surface area contributed by atoms with E-state index in [1.807, 2.05) is 6.07 Å². The predicted molar refractivity (Wildman–Crippen MR) is 87.8 cm³/mol. The third-order valence-corrected chi connectivity index (χ3v) is 4.58. The van der Waals surface area contributed by atoms with Crippen molar-refractivity contribution >= 4 is 17.6 Å². The second-order valence-corrected chi connectivity index (χ2v) is 6.27. The molecule has 1 aromatic heterocycles. The molecule has 1 heterocycles. The number of carboxylic acids is 1. The fraction of sp³-hybridized carbons (Fsp3) is 0.412. The Bertz CT molecular complexity index is 721. The average Bonchev–Trinajstić information content (AvgIpc) is 3.10. The summed E-state index contributed by atoms with van der Waals surface area (Å²) >= 11 is 0. The number of benzene rings is 1. The smallest absolute Gasteiger partial charge is 0.310 e. The number of hydrogen-bond acceptors (Lipinski definition) is 4. The molecule has 0 unspecified atom stereocenters. The van der Waals surface area contributed by atoms with Crippen LogP contribution in [-0.4, -0.2) is 32.0 Å². The first-order valence-corrected chi connectivity index (χ1v) is 8.09. The number of amides is 1. The molecule has 1 saturated carbocycles. The van der Waals surface area contributed by atoms with Gasteiger partial charge in [0.05, 0.1) is 23.5 Å². The van der Waals surface area contributed by atoms with E-state index in [9.17, 15) is 14.7 Å². The zero-order chi connectivity index (χ0) is 17.0. The van der Waals surface area contributed by atoms with Crippen LogP contribution in [0, 0.1) is 5.41 Å².